The molecule has 3 nitrogen and oxygen atoms in total. The molecular formula is C8H8FNO2. The second-order valence-corrected chi connectivity index (χ2v) is 2.21. The Kier molecular flexibility index (Phi) is 2.88. The minimum absolute atomic E-state index is 0.0202. The maximum Gasteiger partial charge on any atom is 0.191 e. The van der Waals surface area contributed by atoms with Crippen molar-refractivity contribution in [2.45, 2.75) is 0 Å². The molecule has 0 fully saturated rings. The third-order valence-electron chi connectivity index (χ3n) is 1.35. The molecule has 0 amide bonds. The first-order valence-electron chi connectivity index (χ1n) is 3.37. The quantitative estimate of drug-likeness (QED) is 0.635. The van der Waals surface area contributed by atoms with Gasteiger partial charge in [0.2, 0.25) is 0 Å². The fraction of sp³-hybridized carbons (Fsp3) is 0.250. The van der Waals surface area contributed by atoms with E-state index in [1.165, 1.54) is 19.4 Å². The van der Waals surface area contributed by atoms with Gasteiger partial charge in [0.1, 0.15) is 6.61 Å². The minimum Gasteiger partial charge on any atom is -0.377 e. The van der Waals surface area contributed by atoms with Crippen molar-refractivity contribution in [1.29, 1.82) is 0 Å². The summed E-state index contributed by atoms with van der Waals surface area (Å²) in [5.41, 5.74) is 0.0202. The summed E-state index contributed by atoms with van der Waals surface area (Å²) in [5, 5.41) is 0. The monoisotopic (exact) mass is 169 g/mol. The number of pyridine rings is 1. The van der Waals surface area contributed by atoms with Gasteiger partial charge in [0, 0.05) is 13.3 Å². The summed E-state index contributed by atoms with van der Waals surface area (Å²) in [4.78, 5) is 14.6. The Morgan fingerprint density at radius 1 is 1.75 bits per heavy atom. The summed E-state index contributed by atoms with van der Waals surface area (Å²) in [6.07, 6.45) is 2.37. The van der Waals surface area contributed by atoms with Crippen LogP contribution in [0.25, 0.3) is 0 Å². The lowest BCUT2D eigenvalue weighted by molar-refractivity contribution is 0.0843. The van der Waals surface area contributed by atoms with E-state index in [1.807, 2.05) is 0 Å². The number of ketones is 1. The zero-order valence-electron chi connectivity index (χ0n) is 6.58. The Hall–Kier alpha value is -1.29. The number of carbonyl (C=O) groups is 1. The van der Waals surface area contributed by atoms with Crippen molar-refractivity contribution in [3.63, 3.8) is 0 Å². The van der Waals surface area contributed by atoms with Crippen LogP contribution in [0.5, 0.6) is 0 Å². The van der Waals surface area contributed by atoms with Crippen LogP contribution in [0.1, 0.15) is 10.4 Å². The Bertz CT molecular complexity index is 288. The smallest absolute Gasteiger partial charge is 0.191 e. The number of halogens is 1. The Morgan fingerprint density at radius 2 is 2.50 bits per heavy atom. The van der Waals surface area contributed by atoms with Crippen LogP contribution in [0, 0.1) is 5.82 Å². The van der Waals surface area contributed by atoms with Gasteiger partial charge in [-0.05, 0) is 6.07 Å². The van der Waals surface area contributed by atoms with Crippen LogP contribution in [0.4, 0.5) is 4.39 Å². The molecule has 0 aliphatic heterocycles. The largest absolute Gasteiger partial charge is 0.377 e. The number of aromatic nitrogens is 1. The van der Waals surface area contributed by atoms with Gasteiger partial charge >= 0.3 is 0 Å². The summed E-state index contributed by atoms with van der Waals surface area (Å²) in [5.74, 6) is -0.989. The summed E-state index contributed by atoms with van der Waals surface area (Å²) in [7, 11) is 1.39. The van der Waals surface area contributed by atoms with Crippen molar-refractivity contribution in [1.82, 2.24) is 4.98 Å². The van der Waals surface area contributed by atoms with Crippen LogP contribution in [0.2, 0.25) is 0 Å². The predicted octanol–water partition coefficient (Wildman–Crippen LogP) is 1.05. The molecule has 4 heteroatoms. The summed E-state index contributed by atoms with van der Waals surface area (Å²) >= 11 is 0. The summed E-state index contributed by atoms with van der Waals surface area (Å²) in [6.45, 7) is -0.110. The Balaban J connectivity index is 2.87. The SMILES string of the molecule is COCC(=O)c1ccncc1F. The van der Waals surface area contributed by atoms with E-state index in [0.29, 0.717) is 0 Å². The molecule has 12 heavy (non-hydrogen) atoms. The number of carbonyl (C=O) groups excluding carboxylic acids is 1. The van der Waals surface area contributed by atoms with Gasteiger partial charge in [0.15, 0.2) is 11.6 Å². The second kappa shape index (κ2) is 3.92. The standard InChI is InChI=1S/C8H8FNO2/c1-12-5-8(11)6-2-3-10-4-7(6)9/h2-4H,5H2,1H3. The molecule has 0 saturated heterocycles. The molecule has 0 unspecified atom stereocenters. The number of ether oxygens (including phenoxy) is 1. The van der Waals surface area contributed by atoms with Gasteiger partial charge in [-0.2, -0.15) is 0 Å². The highest BCUT2D eigenvalue weighted by Gasteiger charge is 2.09. The maximum absolute atomic E-state index is 12.8. The average molecular weight is 169 g/mol. The highest BCUT2D eigenvalue weighted by molar-refractivity contribution is 5.97. The molecule has 1 aromatic rings. The van der Waals surface area contributed by atoms with E-state index < -0.39 is 5.82 Å². The van der Waals surface area contributed by atoms with E-state index in [1.54, 1.807) is 0 Å². The van der Waals surface area contributed by atoms with Crippen molar-refractivity contribution in [3.8, 4) is 0 Å². The number of hydrogen-bond donors (Lipinski definition) is 0. The van der Waals surface area contributed by atoms with Crippen molar-refractivity contribution in [3.05, 3.63) is 29.8 Å². The van der Waals surface area contributed by atoms with Gasteiger partial charge in [-0.3, -0.25) is 9.78 Å². The van der Waals surface area contributed by atoms with Gasteiger partial charge in [-0.15, -0.1) is 0 Å². The minimum atomic E-state index is -0.612. The van der Waals surface area contributed by atoms with E-state index in [0.717, 1.165) is 6.20 Å². The molecule has 0 aromatic carbocycles. The third kappa shape index (κ3) is 1.85. The molecule has 0 spiro atoms. The highest BCUT2D eigenvalue weighted by Crippen LogP contribution is 2.04. The van der Waals surface area contributed by atoms with Crippen molar-refractivity contribution in [2.24, 2.45) is 0 Å². The molecule has 64 valence electrons. The molecule has 0 N–H and O–H groups in total. The van der Waals surface area contributed by atoms with E-state index in [4.69, 9.17) is 0 Å². The summed E-state index contributed by atoms with van der Waals surface area (Å²) in [6, 6.07) is 1.33. The van der Waals surface area contributed by atoms with E-state index >= 15 is 0 Å². The van der Waals surface area contributed by atoms with Gasteiger partial charge in [-0.25, -0.2) is 4.39 Å². The predicted molar refractivity (Wildman–Crippen MR) is 40.4 cm³/mol. The molecule has 0 aliphatic carbocycles. The zero-order valence-corrected chi connectivity index (χ0v) is 6.58. The van der Waals surface area contributed by atoms with Gasteiger partial charge in [-0.1, -0.05) is 0 Å². The number of methoxy groups -OCH3 is 1. The normalized spacial score (nSPS) is 9.83. The van der Waals surface area contributed by atoms with E-state index in [9.17, 15) is 9.18 Å². The molecule has 0 aliphatic rings. The highest BCUT2D eigenvalue weighted by atomic mass is 19.1. The second-order valence-electron chi connectivity index (χ2n) is 2.21. The van der Waals surface area contributed by atoms with Gasteiger partial charge in [0.05, 0.1) is 11.8 Å². The lowest BCUT2D eigenvalue weighted by Gasteiger charge is -1.99. The number of hydrogen-bond acceptors (Lipinski definition) is 3. The van der Waals surface area contributed by atoms with Gasteiger partial charge in [0.25, 0.3) is 0 Å². The fourth-order valence-electron chi connectivity index (χ4n) is 0.810. The third-order valence-corrected chi connectivity index (χ3v) is 1.35. The molecular weight excluding hydrogens is 161 g/mol. The Morgan fingerprint density at radius 3 is 3.08 bits per heavy atom. The molecule has 1 aromatic heterocycles. The zero-order chi connectivity index (χ0) is 8.97. The van der Waals surface area contributed by atoms with Crippen LogP contribution >= 0.6 is 0 Å². The van der Waals surface area contributed by atoms with Crippen molar-refractivity contribution >= 4 is 5.78 Å². The fourth-order valence-corrected chi connectivity index (χ4v) is 0.810. The van der Waals surface area contributed by atoms with Crippen molar-refractivity contribution < 1.29 is 13.9 Å². The lowest BCUT2D eigenvalue weighted by Crippen LogP contribution is -2.09. The molecule has 1 heterocycles. The van der Waals surface area contributed by atoms with Crippen LogP contribution in [-0.2, 0) is 4.74 Å². The molecule has 0 bridgehead atoms. The Labute approximate surface area is 69.2 Å². The lowest BCUT2D eigenvalue weighted by atomic mass is 10.2. The van der Waals surface area contributed by atoms with Crippen LogP contribution < -0.4 is 0 Å². The number of rotatable bonds is 3. The number of Topliss-reactive ketones (excluding diaryl/α,β-unsaturated/α-hetero) is 1. The topological polar surface area (TPSA) is 39.2 Å². The van der Waals surface area contributed by atoms with Crippen molar-refractivity contribution in [2.75, 3.05) is 13.7 Å². The molecule has 0 radical (unpaired) electrons. The first-order valence-corrected chi connectivity index (χ1v) is 3.37. The number of nitrogens with zero attached hydrogens (tertiary/aromatic N) is 1. The van der Waals surface area contributed by atoms with Gasteiger partial charge < -0.3 is 4.74 Å². The summed E-state index contributed by atoms with van der Waals surface area (Å²) < 4.78 is 17.4. The maximum atomic E-state index is 12.8. The first-order chi connectivity index (χ1) is 5.75. The average Bonchev–Trinajstić information content (AvgIpc) is 2.05. The van der Waals surface area contributed by atoms with Crippen LogP contribution in [0.3, 0.4) is 0 Å². The molecule has 0 atom stereocenters. The molecule has 0 saturated carbocycles. The van der Waals surface area contributed by atoms with E-state index in [2.05, 4.69) is 9.72 Å². The van der Waals surface area contributed by atoms with Crippen LogP contribution in [-0.4, -0.2) is 24.5 Å². The van der Waals surface area contributed by atoms with Crippen LogP contribution in [0.15, 0.2) is 18.5 Å². The molecule has 1 rings (SSSR count). The first kappa shape index (κ1) is 8.80. The van der Waals surface area contributed by atoms with E-state index in [-0.39, 0.29) is 18.0 Å².